The molecule has 0 aliphatic rings. The molecule has 0 unspecified atom stereocenters. The second kappa shape index (κ2) is 6.38. The van der Waals surface area contributed by atoms with Gasteiger partial charge in [-0.25, -0.2) is 4.79 Å². The fourth-order valence-corrected chi connectivity index (χ4v) is 2.69. The molecule has 0 saturated heterocycles. The van der Waals surface area contributed by atoms with Crippen LogP contribution in [0.15, 0.2) is 28.2 Å². The van der Waals surface area contributed by atoms with E-state index in [2.05, 4.69) is 5.10 Å². The zero-order valence-corrected chi connectivity index (χ0v) is 13.7. The fraction of sp³-hybridized carbons (Fsp3) is 0.462. The number of halogens is 1. The van der Waals surface area contributed by atoms with Crippen molar-refractivity contribution in [3.8, 4) is 0 Å². The van der Waals surface area contributed by atoms with Crippen molar-refractivity contribution < 1.29 is 0 Å². The van der Waals surface area contributed by atoms with Gasteiger partial charge in [-0.1, -0.05) is 6.92 Å². The van der Waals surface area contributed by atoms with Crippen LogP contribution in [0.5, 0.6) is 0 Å². The van der Waals surface area contributed by atoms with E-state index >= 15 is 0 Å². The van der Waals surface area contributed by atoms with Gasteiger partial charge in [0.2, 0.25) is 0 Å². The number of hydrogen-bond donors (Lipinski definition) is 0. The molecule has 0 saturated carbocycles. The average Bonchev–Trinajstić information content (AvgIpc) is 2.82. The highest BCUT2D eigenvalue weighted by Gasteiger charge is 2.09. The van der Waals surface area contributed by atoms with E-state index in [1.807, 2.05) is 42.8 Å². The molecule has 0 amide bonds. The Hall–Kier alpha value is -1.38. The van der Waals surface area contributed by atoms with Crippen molar-refractivity contribution in [2.45, 2.75) is 32.9 Å². The Bertz CT molecular complexity index is 714. The summed E-state index contributed by atoms with van der Waals surface area (Å²) in [6, 6.07) is 0. The van der Waals surface area contributed by atoms with E-state index in [4.69, 9.17) is 0 Å². The summed E-state index contributed by atoms with van der Waals surface area (Å²) in [6.45, 7) is 3.01. The first-order chi connectivity index (χ1) is 9.52. The molecular formula is C13H17IN4O2. The summed E-state index contributed by atoms with van der Waals surface area (Å²) in [6.07, 6.45) is 6.76. The fourth-order valence-electron chi connectivity index (χ4n) is 2.06. The van der Waals surface area contributed by atoms with Crippen LogP contribution >= 0.6 is 22.6 Å². The highest BCUT2D eigenvalue weighted by molar-refractivity contribution is 14.1. The first-order valence-corrected chi connectivity index (χ1v) is 7.58. The Kier molecular flexibility index (Phi) is 4.79. The lowest BCUT2D eigenvalue weighted by atomic mass is 10.2. The number of aryl methyl sites for hydroxylation is 3. The van der Waals surface area contributed by atoms with Gasteiger partial charge in [0.25, 0.3) is 5.56 Å². The van der Waals surface area contributed by atoms with Gasteiger partial charge in [0, 0.05) is 32.5 Å². The van der Waals surface area contributed by atoms with Crippen LogP contribution in [0.25, 0.3) is 0 Å². The molecule has 0 fully saturated rings. The van der Waals surface area contributed by atoms with Gasteiger partial charge in [-0.2, -0.15) is 5.10 Å². The molecule has 0 aliphatic carbocycles. The molecule has 0 aliphatic heterocycles. The van der Waals surface area contributed by atoms with Crippen LogP contribution in [0.3, 0.4) is 0 Å². The van der Waals surface area contributed by atoms with E-state index in [0.717, 1.165) is 12.0 Å². The summed E-state index contributed by atoms with van der Waals surface area (Å²) in [5, 5.41) is 4.08. The molecule has 6 nitrogen and oxygen atoms in total. The monoisotopic (exact) mass is 388 g/mol. The predicted molar refractivity (Wildman–Crippen MR) is 84.9 cm³/mol. The van der Waals surface area contributed by atoms with Gasteiger partial charge in [-0.3, -0.25) is 18.6 Å². The van der Waals surface area contributed by atoms with Gasteiger partial charge in [0.05, 0.1) is 9.77 Å². The topological polar surface area (TPSA) is 61.8 Å². The van der Waals surface area contributed by atoms with Crippen LogP contribution in [0.2, 0.25) is 0 Å². The van der Waals surface area contributed by atoms with Crippen molar-refractivity contribution >= 4 is 22.6 Å². The summed E-state index contributed by atoms with van der Waals surface area (Å²) in [4.78, 5) is 24.4. The summed E-state index contributed by atoms with van der Waals surface area (Å²) in [5.41, 5.74) is 0.563. The van der Waals surface area contributed by atoms with Crippen LogP contribution in [0, 0.1) is 3.57 Å². The first kappa shape index (κ1) is 15.0. The number of aromatic nitrogens is 4. The molecule has 0 bridgehead atoms. The third-order valence-electron chi connectivity index (χ3n) is 3.04. The lowest BCUT2D eigenvalue weighted by Crippen LogP contribution is -2.41. The first-order valence-electron chi connectivity index (χ1n) is 6.50. The van der Waals surface area contributed by atoms with E-state index in [9.17, 15) is 9.59 Å². The predicted octanol–water partition coefficient (Wildman–Crippen LogP) is 1.00. The summed E-state index contributed by atoms with van der Waals surface area (Å²) >= 11 is 1.98. The van der Waals surface area contributed by atoms with Crippen LogP contribution in [-0.2, 0) is 26.6 Å². The van der Waals surface area contributed by atoms with Crippen LogP contribution < -0.4 is 11.2 Å². The highest BCUT2D eigenvalue weighted by atomic mass is 127. The van der Waals surface area contributed by atoms with E-state index < -0.39 is 0 Å². The van der Waals surface area contributed by atoms with Crippen LogP contribution in [0.4, 0.5) is 0 Å². The van der Waals surface area contributed by atoms with Crippen molar-refractivity contribution in [1.82, 2.24) is 18.9 Å². The van der Waals surface area contributed by atoms with E-state index in [1.165, 1.54) is 4.57 Å². The SMILES string of the molecule is CCCn1cc(I)c(=O)n(CCc2cnn(C)c2)c1=O. The highest BCUT2D eigenvalue weighted by Crippen LogP contribution is 2.00. The molecule has 2 aromatic rings. The Morgan fingerprint density at radius 1 is 1.25 bits per heavy atom. The standard InChI is InChI=1S/C13H17IN4O2/c1-3-5-17-9-11(14)12(19)18(13(17)20)6-4-10-7-15-16(2)8-10/h7-9H,3-6H2,1-2H3. The maximum atomic E-state index is 12.3. The Morgan fingerprint density at radius 2 is 2.00 bits per heavy atom. The van der Waals surface area contributed by atoms with Crippen molar-refractivity contribution in [2.75, 3.05) is 0 Å². The molecule has 2 rings (SSSR count). The van der Waals surface area contributed by atoms with Crippen molar-refractivity contribution in [3.05, 3.63) is 48.6 Å². The molecule has 2 heterocycles. The third-order valence-corrected chi connectivity index (χ3v) is 3.78. The molecule has 20 heavy (non-hydrogen) atoms. The van der Waals surface area contributed by atoms with Crippen molar-refractivity contribution in [2.24, 2.45) is 7.05 Å². The van der Waals surface area contributed by atoms with E-state index in [-0.39, 0.29) is 11.2 Å². The zero-order chi connectivity index (χ0) is 14.7. The summed E-state index contributed by atoms with van der Waals surface area (Å²) in [5.74, 6) is 0. The molecule has 108 valence electrons. The van der Waals surface area contributed by atoms with Gasteiger partial charge in [-0.05, 0) is 41.0 Å². The number of hydrogen-bond acceptors (Lipinski definition) is 3. The van der Waals surface area contributed by atoms with E-state index in [1.54, 1.807) is 21.6 Å². The summed E-state index contributed by atoms with van der Waals surface area (Å²) in [7, 11) is 1.84. The quantitative estimate of drug-likeness (QED) is 0.719. The van der Waals surface area contributed by atoms with Crippen LogP contribution in [0.1, 0.15) is 18.9 Å². The Balaban J connectivity index is 2.30. The number of rotatable bonds is 5. The maximum Gasteiger partial charge on any atom is 0.331 e. The molecular weight excluding hydrogens is 371 g/mol. The molecule has 0 radical (unpaired) electrons. The van der Waals surface area contributed by atoms with Gasteiger partial charge in [0.1, 0.15) is 0 Å². The van der Waals surface area contributed by atoms with Gasteiger partial charge in [-0.15, -0.1) is 0 Å². The third kappa shape index (κ3) is 3.20. The minimum atomic E-state index is -0.235. The van der Waals surface area contributed by atoms with Gasteiger partial charge in [0.15, 0.2) is 0 Å². The van der Waals surface area contributed by atoms with Gasteiger partial charge < -0.3 is 0 Å². The van der Waals surface area contributed by atoms with Crippen LogP contribution in [-0.4, -0.2) is 18.9 Å². The average molecular weight is 388 g/mol. The van der Waals surface area contributed by atoms with Crippen molar-refractivity contribution in [3.63, 3.8) is 0 Å². The molecule has 0 atom stereocenters. The molecule has 0 N–H and O–H groups in total. The second-order valence-corrected chi connectivity index (χ2v) is 5.84. The molecule has 0 spiro atoms. The van der Waals surface area contributed by atoms with Gasteiger partial charge >= 0.3 is 5.69 Å². The Morgan fingerprint density at radius 3 is 2.60 bits per heavy atom. The lowest BCUT2D eigenvalue weighted by molar-refractivity contribution is 0.541. The normalized spacial score (nSPS) is 10.9. The largest absolute Gasteiger partial charge is 0.331 e. The second-order valence-electron chi connectivity index (χ2n) is 4.68. The smallest absolute Gasteiger partial charge is 0.299 e. The molecule has 2 aromatic heterocycles. The minimum Gasteiger partial charge on any atom is -0.299 e. The van der Waals surface area contributed by atoms with E-state index in [0.29, 0.717) is 23.1 Å². The zero-order valence-electron chi connectivity index (χ0n) is 11.5. The maximum absolute atomic E-state index is 12.3. The van der Waals surface area contributed by atoms with Crippen molar-refractivity contribution in [1.29, 1.82) is 0 Å². The number of nitrogens with zero attached hydrogens (tertiary/aromatic N) is 4. The molecule has 7 heteroatoms. The minimum absolute atomic E-state index is 0.216. The summed E-state index contributed by atoms with van der Waals surface area (Å²) < 4.78 is 5.20. The Labute approximate surface area is 130 Å². The lowest BCUT2D eigenvalue weighted by Gasteiger charge is -2.09. The molecule has 0 aromatic carbocycles.